The summed E-state index contributed by atoms with van der Waals surface area (Å²) in [5.74, 6) is -0.0754. The summed E-state index contributed by atoms with van der Waals surface area (Å²) in [5.41, 5.74) is 1.70. The normalized spacial score (nSPS) is 10.2. The maximum atomic E-state index is 11.8. The van der Waals surface area contributed by atoms with Crippen molar-refractivity contribution in [2.75, 3.05) is 13.2 Å². The Morgan fingerprint density at radius 1 is 1.44 bits per heavy atom. The first kappa shape index (κ1) is 13.2. The molecule has 0 aliphatic rings. The van der Waals surface area contributed by atoms with E-state index in [1.54, 1.807) is 6.07 Å². The topological polar surface area (TPSA) is 49.3 Å². The number of nitrogens with one attached hydrogen (secondary N) is 1. The van der Waals surface area contributed by atoms with Crippen LogP contribution in [0.25, 0.3) is 0 Å². The van der Waals surface area contributed by atoms with Gasteiger partial charge in [-0.25, -0.2) is 0 Å². The van der Waals surface area contributed by atoms with Crippen LogP contribution < -0.4 is 5.32 Å². The summed E-state index contributed by atoms with van der Waals surface area (Å²) in [6.45, 7) is 2.72. The van der Waals surface area contributed by atoms with E-state index in [9.17, 15) is 4.79 Å². The van der Waals surface area contributed by atoms with E-state index in [-0.39, 0.29) is 12.5 Å². The molecule has 1 rings (SSSR count). The molecule has 3 nitrogen and oxygen atoms in total. The van der Waals surface area contributed by atoms with E-state index in [2.05, 4.69) is 21.2 Å². The van der Waals surface area contributed by atoms with Gasteiger partial charge in [-0.1, -0.05) is 12.1 Å². The van der Waals surface area contributed by atoms with Gasteiger partial charge >= 0.3 is 0 Å². The fourth-order valence-electron chi connectivity index (χ4n) is 1.36. The number of benzene rings is 1. The van der Waals surface area contributed by atoms with Crippen LogP contribution in [0, 0.1) is 6.92 Å². The Labute approximate surface area is 104 Å². The van der Waals surface area contributed by atoms with Gasteiger partial charge in [-0.15, -0.1) is 0 Å². The molecule has 0 aliphatic carbocycles. The number of aliphatic hydroxyl groups is 1. The average Bonchev–Trinajstić information content (AvgIpc) is 2.28. The van der Waals surface area contributed by atoms with Gasteiger partial charge in [0.1, 0.15) is 0 Å². The third-order valence-electron chi connectivity index (χ3n) is 2.31. The first-order chi connectivity index (χ1) is 7.66. The largest absolute Gasteiger partial charge is 0.396 e. The van der Waals surface area contributed by atoms with Crippen LogP contribution in [0.3, 0.4) is 0 Å². The zero-order chi connectivity index (χ0) is 12.0. The highest BCUT2D eigenvalue weighted by Gasteiger charge is 2.09. The average molecular weight is 286 g/mol. The summed E-state index contributed by atoms with van der Waals surface area (Å²) in [5, 5.41) is 11.4. The van der Waals surface area contributed by atoms with Gasteiger partial charge in [0.2, 0.25) is 0 Å². The van der Waals surface area contributed by atoms with Crippen LogP contribution in [0.5, 0.6) is 0 Å². The van der Waals surface area contributed by atoms with Crippen LogP contribution in [0.2, 0.25) is 0 Å². The van der Waals surface area contributed by atoms with Gasteiger partial charge in [-0.3, -0.25) is 4.79 Å². The monoisotopic (exact) mass is 285 g/mol. The summed E-state index contributed by atoms with van der Waals surface area (Å²) in [7, 11) is 0. The molecule has 0 spiro atoms. The van der Waals surface area contributed by atoms with E-state index in [4.69, 9.17) is 5.11 Å². The van der Waals surface area contributed by atoms with Crippen LogP contribution in [0.1, 0.15) is 28.8 Å². The molecule has 0 aliphatic heterocycles. The Morgan fingerprint density at radius 2 is 2.19 bits per heavy atom. The summed E-state index contributed by atoms with van der Waals surface area (Å²) >= 11 is 3.40. The molecular formula is C12H16BrNO2. The SMILES string of the molecule is Cc1cccc(C(=O)NCCCCO)c1Br. The Hall–Kier alpha value is -0.870. The number of aryl methyl sites for hydroxylation is 1. The molecular weight excluding hydrogens is 270 g/mol. The highest BCUT2D eigenvalue weighted by Crippen LogP contribution is 2.20. The van der Waals surface area contributed by atoms with Crippen LogP contribution in [-0.2, 0) is 0 Å². The molecule has 16 heavy (non-hydrogen) atoms. The maximum Gasteiger partial charge on any atom is 0.252 e. The van der Waals surface area contributed by atoms with E-state index in [1.165, 1.54) is 0 Å². The molecule has 88 valence electrons. The first-order valence-electron chi connectivity index (χ1n) is 5.31. The van der Waals surface area contributed by atoms with Gasteiger partial charge in [0.05, 0.1) is 5.56 Å². The van der Waals surface area contributed by atoms with Crippen molar-refractivity contribution in [2.45, 2.75) is 19.8 Å². The Balaban J connectivity index is 2.56. The van der Waals surface area contributed by atoms with Crippen molar-refractivity contribution in [3.63, 3.8) is 0 Å². The summed E-state index contributed by atoms with van der Waals surface area (Å²) < 4.78 is 0.842. The number of unbranched alkanes of at least 4 members (excludes halogenated alkanes) is 1. The minimum absolute atomic E-state index is 0.0754. The lowest BCUT2D eigenvalue weighted by molar-refractivity contribution is 0.0951. The number of amides is 1. The molecule has 0 saturated heterocycles. The number of carbonyl (C=O) groups is 1. The number of rotatable bonds is 5. The molecule has 0 radical (unpaired) electrons. The minimum atomic E-state index is -0.0754. The van der Waals surface area contributed by atoms with Gasteiger partial charge in [-0.2, -0.15) is 0 Å². The molecule has 0 saturated carbocycles. The van der Waals surface area contributed by atoms with Crippen molar-refractivity contribution in [2.24, 2.45) is 0 Å². The summed E-state index contributed by atoms with van der Waals surface area (Å²) in [6, 6.07) is 5.60. The van der Waals surface area contributed by atoms with Crippen molar-refractivity contribution in [1.29, 1.82) is 0 Å². The lowest BCUT2D eigenvalue weighted by Crippen LogP contribution is -2.25. The van der Waals surface area contributed by atoms with Gasteiger partial charge in [-0.05, 0) is 47.3 Å². The second-order valence-corrected chi connectivity index (χ2v) is 4.42. The summed E-state index contributed by atoms with van der Waals surface area (Å²) in [4.78, 5) is 11.8. The number of hydrogen-bond acceptors (Lipinski definition) is 2. The second-order valence-electron chi connectivity index (χ2n) is 3.62. The molecule has 0 bridgehead atoms. The predicted octanol–water partition coefficient (Wildman–Crippen LogP) is 2.26. The molecule has 0 fully saturated rings. The highest BCUT2D eigenvalue weighted by molar-refractivity contribution is 9.10. The third kappa shape index (κ3) is 3.61. The van der Waals surface area contributed by atoms with Gasteiger partial charge in [0.15, 0.2) is 0 Å². The van der Waals surface area contributed by atoms with Crippen LogP contribution in [-0.4, -0.2) is 24.2 Å². The quantitative estimate of drug-likeness (QED) is 0.816. The minimum Gasteiger partial charge on any atom is -0.396 e. The maximum absolute atomic E-state index is 11.8. The summed E-state index contributed by atoms with van der Waals surface area (Å²) in [6.07, 6.45) is 1.51. The third-order valence-corrected chi connectivity index (χ3v) is 3.36. The fourth-order valence-corrected chi connectivity index (χ4v) is 1.80. The molecule has 0 heterocycles. The van der Waals surface area contributed by atoms with Crippen molar-refractivity contribution < 1.29 is 9.90 Å². The number of carbonyl (C=O) groups excluding carboxylic acids is 1. The van der Waals surface area contributed by atoms with Gasteiger partial charge < -0.3 is 10.4 Å². The highest BCUT2D eigenvalue weighted by atomic mass is 79.9. The lowest BCUT2D eigenvalue weighted by Gasteiger charge is -2.07. The predicted molar refractivity (Wildman–Crippen MR) is 67.5 cm³/mol. The number of hydrogen-bond donors (Lipinski definition) is 2. The van der Waals surface area contributed by atoms with E-state index in [0.717, 1.165) is 22.9 Å². The van der Waals surface area contributed by atoms with Crippen LogP contribution in [0.15, 0.2) is 22.7 Å². The number of halogens is 1. The zero-order valence-corrected chi connectivity index (χ0v) is 10.9. The van der Waals surface area contributed by atoms with E-state index in [0.29, 0.717) is 12.1 Å². The van der Waals surface area contributed by atoms with Crippen LogP contribution in [0.4, 0.5) is 0 Å². The standard InChI is InChI=1S/C12H16BrNO2/c1-9-5-4-6-10(11(9)13)12(16)14-7-2-3-8-15/h4-6,15H,2-3,7-8H2,1H3,(H,14,16). The molecule has 1 aromatic carbocycles. The molecule has 4 heteroatoms. The fraction of sp³-hybridized carbons (Fsp3) is 0.417. The van der Waals surface area contributed by atoms with Crippen molar-refractivity contribution in [3.8, 4) is 0 Å². The van der Waals surface area contributed by atoms with Crippen molar-refractivity contribution >= 4 is 21.8 Å². The van der Waals surface area contributed by atoms with E-state index < -0.39 is 0 Å². The van der Waals surface area contributed by atoms with Crippen LogP contribution >= 0.6 is 15.9 Å². The smallest absolute Gasteiger partial charge is 0.252 e. The Kier molecular flexibility index (Phi) is 5.49. The number of aliphatic hydroxyl groups excluding tert-OH is 1. The first-order valence-corrected chi connectivity index (χ1v) is 6.10. The molecule has 0 unspecified atom stereocenters. The molecule has 2 N–H and O–H groups in total. The molecule has 0 atom stereocenters. The van der Waals surface area contributed by atoms with Crippen molar-refractivity contribution in [3.05, 3.63) is 33.8 Å². The molecule has 1 amide bonds. The Morgan fingerprint density at radius 3 is 2.88 bits per heavy atom. The lowest BCUT2D eigenvalue weighted by atomic mass is 10.1. The molecule has 1 aromatic rings. The van der Waals surface area contributed by atoms with E-state index >= 15 is 0 Å². The molecule has 0 aromatic heterocycles. The Bertz CT molecular complexity index is 366. The van der Waals surface area contributed by atoms with Gasteiger partial charge in [0.25, 0.3) is 5.91 Å². The second kappa shape index (κ2) is 6.66. The van der Waals surface area contributed by atoms with Gasteiger partial charge in [0, 0.05) is 17.6 Å². The van der Waals surface area contributed by atoms with Crippen molar-refractivity contribution in [1.82, 2.24) is 5.32 Å². The zero-order valence-electron chi connectivity index (χ0n) is 9.29. The van der Waals surface area contributed by atoms with E-state index in [1.807, 2.05) is 19.1 Å².